The molecule has 2 heterocycles. The van der Waals surface area contributed by atoms with Crippen molar-refractivity contribution in [3.63, 3.8) is 0 Å². The number of hydrogen-bond acceptors (Lipinski definition) is 4. The molecule has 1 saturated heterocycles. The van der Waals surface area contributed by atoms with Gasteiger partial charge in [-0.25, -0.2) is 0 Å². The zero-order valence-corrected chi connectivity index (χ0v) is 11.6. The highest BCUT2D eigenvalue weighted by molar-refractivity contribution is 7.15. The molecule has 1 fully saturated rings. The minimum absolute atomic E-state index is 0.00226. The highest BCUT2D eigenvalue weighted by Crippen LogP contribution is 2.22. The Morgan fingerprint density at radius 3 is 2.61 bits per heavy atom. The number of Topliss-reactive ketones (excluding diaryl/α,β-unsaturated/α-hetero) is 1. The average molecular weight is 267 g/mol. The molecule has 98 valence electrons. The summed E-state index contributed by atoms with van der Waals surface area (Å²) in [7, 11) is 0. The molecule has 18 heavy (non-hydrogen) atoms. The summed E-state index contributed by atoms with van der Waals surface area (Å²) in [6.45, 7) is 6.62. The molecule has 0 bridgehead atoms. The second-order valence-corrected chi connectivity index (χ2v) is 5.75. The molecule has 2 atom stereocenters. The van der Waals surface area contributed by atoms with Crippen LogP contribution in [0.4, 0.5) is 0 Å². The summed E-state index contributed by atoms with van der Waals surface area (Å²) >= 11 is 1.26. The third-order valence-electron chi connectivity index (χ3n) is 3.03. The van der Waals surface area contributed by atoms with Gasteiger partial charge in [-0.05, 0) is 32.9 Å². The number of carbonyl (C=O) groups excluding carboxylic acids is 2. The van der Waals surface area contributed by atoms with Crippen molar-refractivity contribution in [3.8, 4) is 0 Å². The summed E-state index contributed by atoms with van der Waals surface area (Å²) in [4.78, 5) is 26.7. The lowest BCUT2D eigenvalue weighted by Crippen LogP contribution is -2.50. The minimum atomic E-state index is -0.00449. The Morgan fingerprint density at radius 1 is 1.33 bits per heavy atom. The SMILES string of the molecule is CC(=O)c1ccc(C(=O)N2C[C@@H](C)OC[C@@H]2C)s1. The molecule has 0 N–H and O–H groups in total. The van der Waals surface area contributed by atoms with Crippen molar-refractivity contribution in [2.24, 2.45) is 0 Å². The standard InChI is InChI=1S/C13H17NO3S/c1-8-7-17-9(2)6-14(8)13(16)12-5-4-11(18-12)10(3)15/h4-5,8-9H,6-7H2,1-3H3/t8-,9+/m0/s1. The first-order chi connectivity index (χ1) is 8.49. The molecule has 1 aliphatic heterocycles. The third kappa shape index (κ3) is 2.62. The number of carbonyl (C=O) groups is 2. The fraction of sp³-hybridized carbons (Fsp3) is 0.538. The lowest BCUT2D eigenvalue weighted by molar-refractivity contribution is -0.0385. The van der Waals surface area contributed by atoms with Crippen LogP contribution in [0.3, 0.4) is 0 Å². The maximum Gasteiger partial charge on any atom is 0.264 e. The molecule has 0 aromatic carbocycles. The van der Waals surface area contributed by atoms with E-state index < -0.39 is 0 Å². The summed E-state index contributed by atoms with van der Waals surface area (Å²) in [5, 5.41) is 0. The fourth-order valence-electron chi connectivity index (χ4n) is 1.97. The van der Waals surface area contributed by atoms with Crippen molar-refractivity contribution in [3.05, 3.63) is 21.9 Å². The van der Waals surface area contributed by atoms with Gasteiger partial charge in [0, 0.05) is 6.54 Å². The predicted octanol–water partition coefficient (Wildman–Crippen LogP) is 2.20. The van der Waals surface area contributed by atoms with Crippen molar-refractivity contribution in [2.45, 2.75) is 32.9 Å². The second-order valence-electron chi connectivity index (χ2n) is 4.67. The molecule has 5 heteroatoms. The molecule has 0 radical (unpaired) electrons. The van der Waals surface area contributed by atoms with Gasteiger partial charge in [0.25, 0.3) is 5.91 Å². The smallest absolute Gasteiger partial charge is 0.264 e. The molecule has 2 rings (SSSR count). The normalized spacial score (nSPS) is 24.1. The molecule has 1 aliphatic rings. The van der Waals surface area contributed by atoms with E-state index in [0.717, 1.165) is 0 Å². The monoisotopic (exact) mass is 267 g/mol. The van der Waals surface area contributed by atoms with Crippen LogP contribution in [0.2, 0.25) is 0 Å². The van der Waals surface area contributed by atoms with Gasteiger partial charge >= 0.3 is 0 Å². The summed E-state index contributed by atoms with van der Waals surface area (Å²) in [6.07, 6.45) is 0.0670. The van der Waals surface area contributed by atoms with Gasteiger partial charge in [0.1, 0.15) is 0 Å². The van der Waals surface area contributed by atoms with Crippen LogP contribution in [0.5, 0.6) is 0 Å². The number of morpholine rings is 1. The second kappa shape index (κ2) is 5.20. The molecular formula is C13H17NO3S. The Hall–Kier alpha value is -1.20. The highest BCUT2D eigenvalue weighted by Gasteiger charge is 2.29. The molecular weight excluding hydrogens is 250 g/mol. The first-order valence-electron chi connectivity index (χ1n) is 6.02. The van der Waals surface area contributed by atoms with E-state index in [1.54, 1.807) is 12.1 Å². The molecule has 1 aromatic rings. The Kier molecular flexibility index (Phi) is 3.82. The summed E-state index contributed by atoms with van der Waals surface area (Å²) < 4.78 is 5.51. The van der Waals surface area contributed by atoms with Gasteiger partial charge in [0.2, 0.25) is 0 Å². The van der Waals surface area contributed by atoms with Gasteiger partial charge in [0.15, 0.2) is 5.78 Å². The predicted molar refractivity (Wildman–Crippen MR) is 70.2 cm³/mol. The maximum absolute atomic E-state index is 12.4. The Bertz CT molecular complexity index is 469. The Balaban J connectivity index is 2.16. The Morgan fingerprint density at radius 2 is 2.00 bits per heavy atom. The van der Waals surface area contributed by atoms with E-state index in [0.29, 0.717) is 22.9 Å². The summed E-state index contributed by atoms with van der Waals surface area (Å²) in [5.74, 6) is -0.00223. The molecule has 0 unspecified atom stereocenters. The van der Waals surface area contributed by atoms with Gasteiger partial charge in [-0.2, -0.15) is 0 Å². The lowest BCUT2D eigenvalue weighted by atomic mass is 10.2. The molecule has 0 spiro atoms. The van der Waals surface area contributed by atoms with E-state index >= 15 is 0 Å². The first-order valence-corrected chi connectivity index (χ1v) is 6.84. The minimum Gasteiger partial charge on any atom is -0.375 e. The van der Waals surface area contributed by atoms with Crippen molar-refractivity contribution in [1.29, 1.82) is 0 Å². The number of ketones is 1. The zero-order chi connectivity index (χ0) is 13.3. The van der Waals surface area contributed by atoms with Crippen LogP contribution in [0.1, 0.15) is 40.1 Å². The van der Waals surface area contributed by atoms with Gasteiger partial charge in [-0.15, -0.1) is 11.3 Å². The van der Waals surface area contributed by atoms with Crippen molar-refractivity contribution >= 4 is 23.0 Å². The number of thiophene rings is 1. The van der Waals surface area contributed by atoms with Crippen LogP contribution in [0, 0.1) is 0 Å². The summed E-state index contributed by atoms with van der Waals surface area (Å²) in [5.41, 5.74) is 0. The van der Waals surface area contributed by atoms with Crippen molar-refractivity contribution < 1.29 is 14.3 Å². The van der Waals surface area contributed by atoms with E-state index in [1.165, 1.54) is 18.3 Å². The van der Waals surface area contributed by atoms with Crippen LogP contribution in [-0.4, -0.2) is 41.9 Å². The van der Waals surface area contributed by atoms with Gasteiger partial charge in [-0.3, -0.25) is 9.59 Å². The average Bonchev–Trinajstić information content (AvgIpc) is 2.81. The van der Waals surface area contributed by atoms with Crippen LogP contribution in [0.25, 0.3) is 0 Å². The first kappa shape index (κ1) is 13.2. The lowest BCUT2D eigenvalue weighted by Gasteiger charge is -2.36. The van der Waals surface area contributed by atoms with Crippen LogP contribution in [-0.2, 0) is 4.74 Å². The maximum atomic E-state index is 12.4. The van der Waals surface area contributed by atoms with Crippen molar-refractivity contribution in [2.75, 3.05) is 13.2 Å². The van der Waals surface area contributed by atoms with Crippen LogP contribution < -0.4 is 0 Å². The van der Waals surface area contributed by atoms with Gasteiger partial charge < -0.3 is 9.64 Å². The molecule has 0 aliphatic carbocycles. The number of amides is 1. The molecule has 4 nitrogen and oxygen atoms in total. The fourth-order valence-corrected chi connectivity index (χ4v) is 2.83. The van der Waals surface area contributed by atoms with E-state index in [1.807, 2.05) is 18.7 Å². The quantitative estimate of drug-likeness (QED) is 0.772. The van der Waals surface area contributed by atoms with Crippen LogP contribution >= 0.6 is 11.3 Å². The van der Waals surface area contributed by atoms with E-state index in [9.17, 15) is 9.59 Å². The van der Waals surface area contributed by atoms with E-state index in [-0.39, 0.29) is 23.8 Å². The van der Waals surface area contributed by atoms with Gasteiger partial charge in [-0.1, -0.05) is 0 Å². The summed E-state index contributed by atoms with van der Waals surface area (Å²) in [6, 6.07) is 3.53. The number of hydrogen-bond donors (Lipinski definition) is 0. The number of nitrogens with zero attached hydrogens (tertiary/aromatic N) is 1. The van der Waals surface area contributed by atoms with Gasteiger partial charge in [0.05, 0.1) is 28.5 Å². The van der Waals surface area contributed by atoms with Crippen LogP contribution in [0.15, 0.2) is 12.1 Å². The molecule has 1 aromatic heterocycles. The number of rotatable bonds is 2. The molecule has 0 saturated carbocycles. The number of ether oxygens (including phenoxy) is 1. The van der Waals surface area contributed by atoms with Crippen molar-refractivity contribution in [1.82, 2.24) is 4.90 Å². The zero-order valence-electron chi connectivity index (χ0n) is 10.8. The third-order valence-corrected chi connectivity index (χ3v) is 4.21. The Labute approximate surface area is 111 Å². The molecule has 1 amide bonds. The van der Waals surface area contributed by atoms with E-state index in [4.69, 9.17) is 4.74 Å². The topological polar surface area (TPSA) is 46.6 Å². The van der Waals surface area contributed by atoms with E-state index in [2.05, 4.69) is 0 Å². The largest absolute Gasteiger partial charge is 0.375 e. The highest BCUT2D eigenvalue weighted by atomic mass is 32.1.